The van der Waals surface area contributed by atoms with Gasteiger partial charge in [0.2, 0.25) is 5.91 Å². The second-order valence-electron chi connectivity index (χ2n) is 6.17. The van der Waals surface area contributed by atoms with Crippen molar-refractivity contribution in [2.24, 2.45) is 5.92 Å². The first-order valence-corrected chi connectivity index (χ1v) is 7.94. The zero-order valence-corrected chi connectivity index (χ0v) is 14.1. The van der Waals surface area contributed by atoms with Crippen LogP contribution in [0.2, 0.25) is 0 Å². The average Bonchev–Trinajstić information content (AvgIpc) is 2.53. The van der Waals surface area contributed by atoms with E-state index in [0.717, 1.165) is 5.69 Å². The summed E-state index contributed by atoms with van der Waals surface area (Å²) < 4.78 is 5.73. The highest BCUT2D eigenvalue weighted by Gasteiger charge is 2.31. The Bertz CT molecular complexity index is 574. The number of fused-ring (bicyclic) bond motifs is 1. The number of carbonyl (C=O) groups is 2. The molecule has 6 nitrogen and oxygen atoms in total. The summed E-state index contributed by atoms with van der Waals surface area (Å²) in [6, 6.07) is 7.56. The number of para-hydroxylation sites is 2. The van der Waals surface area contributed by atoms with Crippen LogP contribution in [-0.2, 0) is 9.59 Å². The maximum atomic E-state index is 12.3. The van der Waals surface area contributed by atoms with Crippen molar-refractivity contribution in [3.05, 3.63) is 24.3 Å². The molecule has 2 atom stereocenters. The van der Waals surface area contributed by atoms with Gasteiger partial charge in [-0.2, -0.15) is 0 Å². The molecule has 0 unspecified atom stereocenters. The monoisotopic (exact) mass is 319 g/mol. The summed E-state index contributed by atoms with van der Waals surface area (Å²) in [5.74, 6) is 0.741. The number of nitrogens with one attached hydrogen (secondary N) is 2. The summed E-state index contributed by atoms with van der Waals surface area (Å²) in [7, 11) is 1.58. The molecule has 6 heteroatoms. The van der Waals surface area contributed by atoms with Crippen molar-refractivity contribution in [1.82, 2.24) is 10.6 Å². The second-order valence-corrected chi connectivity index (χ2v) is 6.17. The molecule has 1 aliphatic heterocycles. The first kappa shape index (κ1) is 17.1. The topological polar surface area (TPSA) is 70.7 Å². The Labute approximate surface area is 137 Å². The zero-order valence-electron chi connectivity index (χ0n) is 14.1. The standard InChI is InChI=1S/C17H25N3O3/c1-11(2)12(3)19-16(21)10-20-9-15(17(22)18-4)23-14-8-6-5-7-13(14)20/h5-8,11-12,15H,9-10H2,1-4H3,(H,18,22)(H,19,21)/t12-,15-/m1/s1. The lowest BCUT2D eigenvalue weighted by molar-refractivity contribution is -0.127. The average molecular weight is 319 g/mol. The van der Waals surface area contributed by atoms with Crippen LogP contribution >= 0.6 is 0 Å². The molecule has 0 aromatic heterocycles. The van der Waals surface area contributed by atoms with Crippen molar-refractivity contribution in [1.29, 1.82) is 0 Å². The summed E-state index contributed by atoms with van der Waals surface area (Å²) >= 11 is 0. The van der Waals surface area contributed by atoms with Gasteiger partial charge in [-0.15, -0.1) is 0 Å². The molecule has 0 saturated carbocycles. The lowest BCUT2D eigenvalue weighted by atomic mass is 10.1. The molecule has 0 aliphatic carbocycles. The van der Waals surface area contributed by atoms with Crippen LogP contribution in [0.25, 0.3) is 0 Å². The number of hydrogen-bond donors (Lipinski definition) is 2. The minimum absolute atomic E-state index is 0.0569. The van der Waals surface area contributed by atoms with Crippen LogP contribution in [0.4, 0.5) is 5.69 Å². The number of amides is 2. The Morgan fingerprint density at radius 2 is 2.00 bits per heavy atom. The molecular weight excluding hydrogens is 294 g/mol. The maximum Gasteiger partial charge on any atom is 0.262 e. The number of rotatable bonds is 5. The third-order valence-electron chi connectivity index (χ3n) is 4.12. The number of ether oxygens (including phenoxy) is 1. The largest absolute Gasteiger partial charge is 0.477 e. The van der Waals surface area contributed by atoms with Gasteiger partial charge >= 0.3 is 0 Å². The van der Waals surface area contributed by atoms with Crippen LogP contribution in [0.5, 0.6) is 5.75 Å². The van der Waals surface area contributed by atoms with Crippen molar-refractivity contribution in [2.45, 2.75) is 32.9 Å². The molecular formula is C17H25N3O3. The van der Waals surface area contributed by atoms with E-state index in [9.17, 15) is 9.59 Å². The molecule has 0 spiro atoms. The number of hydrogen-bond acceptors (Lipinski definition) is 4. The van der Waals surface area contributed by atoms with Gasteiger partial charge in [0.25, 0.3) is 5.91 Å². The van der Waals surface area contributed by atoms with Gasteiger partial charge in [-0.25, -0.2) is 0 Å². The predicted molar refractivity (Wildman–Crippen MR) is 89.6 cm³/mol. The van der Waals surface area contributed by atoms with Crippen molar-refractivity contribution >= 4 is 17.5 Å². The number of likely N-dealkylation sites (N-methyl/N-ethyl adjacent to an activating group) is 1. The van der Waals surface area contributed by atoms with Crippen LogP contribution < -0.4 is 20.3 Å². The molecule has 126 valence electrons. The molecule has 1 heterocycles. The highest BCUT2D eigenvalue weighted by atomic mass is 16.5. The normalized spacial score (nSPS) is 18.0. The molecule has 0 fully saturated rings. The first-order valence-electron chi connectivity index (χ1n) is 7.94. The Balaban J connectivity index is 2.13. The summed E-state index contributed by atoms with van der Waals surface area (Å²) in [5.41, 5.74) is 0.833. The van der Waals surface area contributed by atoms with E-state index in [0.29, 0.717) is 18.2 Å². The molecule has 23 heavy (non-hydrogen) atoms. The van der Waals surface area contributed by atoms with Gasteiger partial charge in [0.05, 0.1) is 18.8 Å². The SMILES string of the molecule is CNC(=O)[C@H]1CN(CC(=O)N[C@H](C)C(C)C)c2ccccc2O1. The molecule has 2 N–H and O–H groups in total. The van der Waals surface area contributed by atoms with Crippen molar-refractivity contribution in [3.8, 4) is 5.75 Å². The van der Waals surface area contributed by atoms with E-state index in [-0.39, 0.29) is 24.4 Å². The smallest absolute Gasteiger partial charge is 0.262 e. The van der Waals surface area contributed by atoms with Crippen LogP contribution in [0.15, 0.2) is 24.3 Å². The maximum absolute atomic E-state index is 12.3. The quantitative estimate of drug-likeness (QED) is 0.854. The Kier molecular flexibility index (Phi) is 5.47. The Morgan fingerprint density at radius 3 is 2.65 bits per heavy atom. The van der Waals surface area contributed by atoms with Crippen molar-refractivity contribution in [3.63, 3.8) is 0 Å². The lowest BCUT2D eigenvalue weighted by Gasteiger charge is -2.35. The molecule has 1 aromatic carbocycles. The van der Waals surface area contributed by atoms with Gasteiger partial charge < -0.3 is 20.3 Å². The number of carbonyl (C=O) groups excluding carboxylic acids is 2. The molecule has 1 aliphatic rings. The molecule has 2 rings (SSSR count). The fourth-order valence-corrected chi connectivity index (χ4v) is 2.39. The lowest BCUT2D eigenvalue weighted by Crippen LogP contribution is -2.51. The van der Waals surface area contributed by atoms with E-state index in [4.69, 9.17) is 4.74 Å². The van der Waals surface area contributed by atoms with Crippen LogP contribution in [0.3, 0.4) is 0 Å². The third kappa shape index (κ3) is 4.15. The summed E-state index contributed by atoms with van der Waals surface area (Å²) in [6.45, 7) is 6.67. The summed E-state index contributed by atoms with van der Waals surface area (Å²) in [5, 5.41) is 5.59. The van der Waals surface area contributed by atoms with E-state index >= 15 is 0 Å². The molecule has 0 saturated heterocycles. The van der Waals surface area contributed by atoms with Crippen LogP contribution in [0, 0.1) is 5.92 Å². The zero-order chi connectivity index (χ0) is 17.0. The van der Waals surface area contributed by atoms with Crippen LogP contribution in [-0.4, -0.2) is 44.1 Å². The van der Waals surface area contributed by atoms with Crippen molar-refractivity contribution < 1.29 is 14.3 Å². The van der Waals surface area contributed by atoms with E-state index < -0.39 is 6.10 Å². The number of benzene rings is 1. The van der Waals surface area contributed by atoms with Gasteiger partial charge in [-0.05, 0) is 25.0 Å². The highest BCUT2D eigenvalue weighted by Crippen LogP contribution is 2.32. The van der Waals surface area contributed by atoms with Gasteiger partial charge in [-0.3, -0.25) is 9.59 Å². The third-order valence-corrected chi connectivity index (χ3v) is 4.12. The van der Waals surface area contributed by atoms with Gasteiger partial charge in [-0.1, -0.05) is 26.0 Å². The van der Waals surface area contributed by atoms with Gasteiger partial charge in [0.15, 0.2) is 6.10 Å². The first-order chi connectivity index (χ1) is 10.9. The van der Waals surface area contributed by atoms with Gasteiger partial charge in [0.1, 0.15) is 5.75 Å². The summed E-state index contributed by atoms with van der Waals surface area (Å²) in [4.78, 5) is 26.1. The molecule has 1 aromatic rings. The predicted octanol–water partition coefficient (Wildman–Crippen LogP) is 1.16. The minimum Gasteiger partial charge on any atom is -0.477 e. The fraction of sp³-hybridized carbons (Fsp3) is 0.529. The minimum atomic E-state index is -0.620. The van der Waals surface area contributed by atoms with E-state index in [1.165, 1.54) is 0 Å². The van der Waals surface area contributed by atoms with Crippen LogP contribution in [0.1, 0.15) is 20.8 Å². The second kappa shape index (κ2) is 7.35. The molecule has 2 amide bonds. The summed E-state index contributed by atoms with van der Waals surface area (Å²) in [6.07, 6.45) is -0.620. The Hall–Kier alpha value is -2.24. The Morgan fingerprint density at radius 1 is 1.30 bits per heavy atom. The number of nitrogens with zero attached hydrogens (tertiary/aromatic N) is 1. The van der Waals surface area contributed by atoms with Crippen molar-refractivity contribution in [2.75, 3.05) is 25.0 Å². The van der Waals surface area contributed by atoms with E-state index in [1.54, 1.807) is 7.05 Å². The van der Waals surface area contributed by atoms with Gasteiger partial charge in [0, 0.05) is 13.1 Å². The fourth-order valence-electron chi connectivity index (χ4n) is 2.39. The molecule has 0 bridgehead atoms. The number of anilines is 1. The van der Waals surface area contributed by atoms with E-state index in [1.807, 2.05) is 36.1 Å². The molecule has 0 radical (unpaired) electrons. The van der Waals surface area contributed by atoms with E-state index in [2.05, 4.69) is 24.5 Å². The highest BCUT2D eigenvalue weighted by molar-refractivity contribution is 5.86.